The van der Waals surface area contributed by atoms with E-state index < -0.39 is 0 Å². The van der Waals surface area contributed by atoms with Crippen molar-refractivity contribution in [3.05, 3.63) is 24.2 Å². The molecule has 1 amide bonds. The smallest absolute Gasteiger partial charge is 0.289 e. The van der Waals surface area contributed by atoms with E-state index in [1.54, 1.807) is 26.3 Å². The molecule has 0 radical (unpaired) electrons. The second-order valence-electron chi connectivity index (χ2n) is 5.08. The van der Waals surface area contributed by atoms with Crippen LogP contribution in [0.25, 0.3) is 0 Å². The van der Waals surface area contributed by atoms with Crippen molar-refractivity contribution in [3.8, 4) is 0 Å². The van der Waals surface area contributed by atoms with Crippen LogP contribution in [-0.4, -0.2) is 75.2 Å². The minimum atomic E-state index is -0.0484. The maximum absolute atomic E-state index is 12.2. The Morgan fingerprint density at radius 1 is 1.35 bits per heavy atom. The van der Waals surface area contributed by atoms with Crippen molar-refractivity contribution in [2.45, 2.75) is 6.42 Å². The number of guanidine groups is 1. The molecule has 130 valence electrons. The highest BCUT2D eigenvalue weighted by Gasteiger charge is 2.24. The highest BCUT2D eigenvalue weighted by Crippen LogP contribution is 2.09. The minimum Gasteiger partial charge on any atom is -0.459 e. The van der Waals surface area contributed by atoms with Crippen molar-refractivity contribution < 1.29 is 13.9 Å². The van der Waals surface area contributed by atoms with Gasteiger partial charge in [-0.2, -0.15) is 0 Å². The number of nitrogens with one attached hydrogen (secondary N) is 1. The fourth-order valence-electron chi connectivity index (χ4n) is 2.43. The van der Waals surface area contributed by atoms with Crippen LogP contribution in [-0.2, 0) is 4.74 Å². The molecule has 0 bridgehead atoms. The molecular formula is C15H25IN4O3. The quantitative estimate of drug-likeness (QED) is 0.326. The van der Waals surface area contributed by atoms with Gasteiger partial charge in [-0.05, 0) is 18.6 Å². The number of rotatable bonds is 5. The number of piperazine rings is 1. The van der Waals surface area contributed by atoms with Crippen LogP contribution in [0.2, 0.25) is 0 Å². The Morgan fingerprint density at radius 3 is 2.61 bits per heavy atom. The summed E-state index contributed by atoms with van der Waals surface area (Å²) in [6.07, 6.45) is 2.46. The minimum absolute atomic E-state index is 0. The van der Waals surface area contributed by atoms with Gasteiger partial charge < -0.3 is 24.3 Å². The molecule has 1 aromatic rings. The number of ether oxygens (including phenoxy) is 1. The zero-order valence-electron chi connectivity index (χ0n) is 13.7. The number of amides is 1. The molecule has 0 atom stereocenters. The molecule has 2 rings (SSSR count). The first-order chi connectivity index (χ1) is 10.8. The van der Waals surface area contributed by atoms with Crippen LogP contribution in [0.15, 0.2) is 27.8 Å². The van der Waals surface area contributed by atoms with Gasteiger partial charge in [0.05, 0.1) is 6.26 Å². The number of carbonyl (C=O) groups is 1. The Morgan fingerprint density at radius 2 is 2.04 bits per heavy atom. The Hall–Kier alpha value is -1.29. The number of hydrogen-bond acceptors (Lipinski definition) is 4. The zero-order chi connectivity index (χ0) is 15.8. The van der Waals surface area contributed by atoms with E-state index in [2.05, 4.69) is 15.2 Å². The van der Waals surface area contributed by atoms with Crippen molar-refractivity contribution in [2.75, 3.05) is 53.5 Å². The molecule has 1 aliphatic heterocycles. The highest BCUT2D eigenvalue weighted by atomic mass is 127. The molecule has 1 aromatic heterocycles. The average molecular weight is 436 g/mol. The summed E-state index contributed by atoms with van der Waals surface area (Å²) in [6.45, 7) is 4.41. The first-order valence-electron chi connectivity index (χ1n) is 7.53. The molecule has 0 saturated carbocycles. The van der Waals surface area contributed by atoms with Gasteiger partial charge in [-0.15, -0.1) is 24.0 Å². The van der Waals surface area contributed by atoms with E-state index in [1.807, 2.05) is 4.90 Å². The average Bonchev–Trinajstić information content (AvgIpc) is 3.09. The third-order valence-electron chi connectivity index (χ3n) is 3.62. The maximum atomic E-state index is 12.2. The van der Waals surface area contributed by atoms with Crippen LogP contribution < -0.4 is 5.32 Å². The monoisotopic (exact) mass is 436 g/mol. The third kappa shape index (κ3) is 5.69. The zero-order valence-corrected chi connectivity index (χ0v) is 16.0. The predicted molar refractivity (Wildman–Crippen MR) is 99.5 cm³/mol. The van der Waals surface area contributed by atoms with Crippen LogP contribution in [0.5, 0.6) is 0 Å². The molecule has 0 unspecified atom stereocenters. The maximum Gasteiger partial charge on any atom is 0.289 e. The Kier molecular flexibility index (Phi) is 9.00. The lowest BCUT2D eigenvalue weighted by molar-refractivity contribution is 0.0657. The first-order valence-corrected chi connectivity index (χ1v) is 7.53. The summed E-state index contributed by atoms with van der Waals surface area (Å²) in [4.78, 5) is 20.5. The van der Waals surface area contributed by atoms with Crippen LogP contribution in [0, 0.1) is 0 Å². The predicted octanol–water partition coefficient (Wildman–Crippen LogP) is 1.27. The normalized spacial score (nSPS) is 15.3. The van der Waals surface area contributed by atoms with Gasteiger partial charge in [0.15, 0.2) is 11.7 Å². The number of hydrogen-bond donors (Lipinski definition) is 1. The van der Waals surface area contributed by atoms with Gasteiger partial charge in [0.25, 0.3) is 5.91 Å². The van der Waals surface area contributed by atoms with Crippen molar-refractivity contribution >= 4 is 35.8 Å². The molecular weight excluding hydrogens is 411 g/mol. The first kappa shape index (κ1) is 19.8. The molecule has 0 aliphatic carbocycles. The topological polar surface area (TPSA) is 70.3 Å². The van der Waals surface area contributed by atoms with Crippen LogP contribution in [0.3, 0.4) is 0 Å². The molecule has 0 aromatic carbocycles. The van der Waals surface area contributed by atoms with Gasteiger partial charge in [0, 0.05) is 53.5 Å². The van der Waals surface area contributed by atoms with Gasteiger partial charge >= 0.3 is 0 Å². The number of methoxy groups -OCH3 is 1. The summed E-state index contributed by atoms with van der Waals surface area (Å²) in [5.74, 6) is 1.23. The fraction of sp³-hybridized carbons (Fsp3) is 0.600. The molecule has 0 spiro atoms. The van der Waals surface area contributed by atoms with Crippen molar-refractivity contribution in [1.29, 1.82) is 0 Å². The lowest BCUT2D eigenvalue weighted by Gasteiger charge is -2.36. The molecule has 1 N–H and O–H groups in total. The van der Waals surface area contributed by atoms with Crippen LogP contribution >= 0.6 is 24.0 Å². The Labute approximate surface area is 154 Å². The molecule has 8 heteroatoms. The second kappa shape index (κ2) is 10.5. The van der Waals surface area contributed by atoms with Crippen LogP contribution in [0.4, 0.5) is 0 Å². The van der Waals surface area contributed by atoms with E-state index >= 15 is 0 Å². The number of carbonyl (C=O) groups excluding carboxylic acids is 1. The number of halogens is 1. The SMILES string of the molecule is CN=C(NCCCOC)N1CCN(C(=O)c2ccco2)CC1.I. The van der Waals surface area contributed by atoms with E-state index in [0.29, 0.717) is 18.8 Å². The fourth-order valence-corrected chi connectivity index (χ4v) is 2.43. The van der Waals surface area contributed by atoms with Crippen LogP contribution in [0.1, 0.15) is 17.0 Å². The lowest BCUT2D eigenvalue weighted by Crippen LogP contribution is -2.53. The number of nitrogens with zero attached hydrogens (tertiary/aromatic N) is 3. The van der Waals surface area contributed by atoms with Gasteiger partial charge in [-0.1, -0.05) is 0 Å². The second-order valence-corrected chi connectivity index (χ2v) is 5.08. The van der Waals surface area contributed by atoms with E-state index in [1.165, 1.54) is 6.26 Å². The van der Waals surface area contributed by atoms with Gasteiger partial charge in [-0.3, -0.25) is 9.79 Å². The van der Waals surface area contributed by atoms with Crippen molar-refractivity contribution in [1.82, 2.24) is 15.1 Å². The van der Waals surface area contributed by atoms with Crippen molar-refractivity contribution in [3.63, 3.8) is 0 Å². The Bertz CT molecular complexity index is 485. The van der Waals surface area contributed by atoms with Gasteiger partial charge in [0.1, 0.15) is 0 Å². The Balaban J connectivity index is 0.00000264. The largest absolute Gasteiger partial charge is 0.459 e. The van der Waals surface area contributed by atoms with E-state index in [0.717, 1.165) is 38.6 Å². The molecule has 2 heterocycles. The summed E-state index contributed by atoms with van der Waals surface area (Å²) < 4.78 is 10.2. The highest BCUT2D eigenvalue weighted by molar-refractivity contribution is 14.0. The van der Waals surface area contributed by atoms with Gasteiger partial charge in [0.2, 0.25) is 0 Å². The molecule has 23 heavy (non-hydrogen) atoms. The summed E-state index contributed by atoms with van der Waals surface area (Å²) in [5, 5.41) is 3.32. The summed E-state index contributed by atoms with van der Waals surface area (Å²) in [5.41, 5.74) is 0. The number of aliphatic imine (C=N–C) groups is 1. The van der Waals surface area contributed by atoms with Gasteiger partial charge in [-0.25, -0.2) is 0 Å². The molecule has 7 nitrogen and oxygen atoms in total. The molecule has 1 aliphatic rings. The molecule has 1 saturated heterocycles. The van der Waals surface area contributed by atoms with E-state index in [4.69, 9.17) is 9.15 Å². The summed E-state index contributed by atoms with van der Waals surface area (Å²) in [7, 11) is 3.48. The van der Waals surface area contributed by atoms with E-state index in [-0.39, 0.29) is 29.9 Å². The number of furan rings is 1. The summed E-state index contributed by atoms with van der Waals surface area (Å²) in [6, 6.07) is 3.43. The third-order valence-corrected chi connectivity index (χ3v) is 3.62. The lowest BCUT2D eigenvalue weighted by atomic mass is 10.3. The molecule has 1 fully saturated rings. The standard InChI is InChI=1S/C15H24N4O3.HI/c1-16-15(17-6-4-11-21-2)19-9-7-18(8-10-19)14(20)13-5-3-12-22-13;/h3,5,12H,4,6-11H2,1-2H3,(H,16,17);1H. The van der Waals surface area contributed by atoms with E-state index in [9.17, 15) is 4.79 Å². The van der Waals surface area contributed by atoms with Crippen molar-refractivity contribution in [2.24, 2.45) is 4.99 Å². The summed E-state index contributed by atoms with van der Waals surface area (Å²) >= 11 is 0.